The van der Waals surface area contributed by atoms with Gasteiger partial charge < -0.3 is 39.4 Å². The molecule has 6 atom stereocenters. The largest absolute Gasteiger partial charge is 0.457 e. The van der Waals surface area contributed by atoms with E-state index in [1.54, 1.807) is 0 Å². The lowest BCUT2D eigenvalue weighted by Gasteiger charge is -2.39. The van der Waals surface area contributed by atoms with Crippen LogP contribution in [0.5, 0.6) is 0 Å². The smallest absolute Gasteiger partial charge is 0.306 e. The number of hydrogen-bond acceptors (Lipinski definition) is 9. The van der Waals surface area contributed by atoms with Crippen molar-refractivity contribution in [3.8, 4) is 0 Å². The van der Waals surface area contributed by atoms with Crippen LogP contribution in [0.1, 0.15) is 136 Å². The molecule has 0 radical (unpaired) electrons. The Balaban J connectivity index is 2.33. The summed E-state index contributed by atoms with van der Waals surface area (Å²) in [6.07, 6.45) is 33.9. The number of unbranched alkanes of at least 4 members (excludes halogenated alkanes) is 11. The van der Waals surface area contributed by atoms with E-state index in [-0.39, 0.29) is 25.6 Å². The summed E-state index contributed by atoms with van der Waals surface area (Å²) in [6.45, 7) is 4.36. The molecule has 0 aromatic heterocycles. The third kappa shape index (κ3) is 25.5. The van der Waals surface area contributed by atoms with E-state index in [0.29, 0.717) is 13.0 Å². The molecular weight excluding hydrogens is 648 g/mol. The van der Waals surface area contributed by atoms with Crippen LogP contribution in [-0.4, -0.2) is 89.6 Å². The Hall–Kier alpha value is -2.11. The van der Waals surface area contributed by atoms with Crippen molar-refractivity contribution in [1.82, 2.24) is 0 Å². The standard InChI is InChI=1S/C42H72O9/c1-3-5-7-9-11-13-14-15-16-17-18-19-20-21-22-23-25-27-29-31-38(44)50-36(34-48-32-30-28-26-24-12-10-8-6-4-2)35-49-42-41(47)40(46)39(45)37(33-43)51-42/h5,7,11,13,15-16,18-19,21-22,36-37,39-43,45-47H,3-4,6,8-10,12,14,17,20,23-35H2,1-2H3/b7-5-,13-11-,16-15-,19-18-,22-21-. The first-order valence-corrected chi connectivity index (χ1v) is 19.9. The fraction of sp³-hybridized carbons (Fsp3) is 0.738. The summed E-state index contributed by atoms with van der Waals surface area (Å²) >= 11 is 0. The van der Waals surface area contributed by atoms with Gasteiger partial charge in [-0.05, 0) is 57.8 Å². The molecule has 6 unspecified atom stereocenters. The van der Waals surface area contributed by atoms with Gasteiger partial charge >= 0.3 is 5.97 Å². The number of hydrogen-bond donors (Lipinski definition) is 4. The van der Waals surface area contributed by atoms with E-state index in [4.69, 9.17) is 18.9 Å². The maximum atomic E-state index is 12.7. The number of carbonyl (C=O) groups is 1. The topological polar surface area (TPSA) is 135 Å². The lowest BCUT2D eigenvalue weighted by molar-refractivity contribution is -0.305. The molecule has 9 nitrogen and oxygen atoms in total. The molecule has 4 N–H and O–H groups in total. The molecule has 1 saturated heterocycles. The van der Waals surface area contributed by atoms with E-state index in [1.165, 1.54) is 44.9 Å². The predicted molar refractivity (Wildman–Crippen MR) is 205 cm³/mol. The molecule has 0 aliphatic carbocycles. The zero-order valence-corrected chi connectivity index (χ0v) is 31.8. The van der Waals surface area contributed by atoms with Crippen molar-refractivity contribution in [2.24, 2.45) is 0 Å². The summed E-state index contributed by atoms with van der Waals surface area (Å²) in [6, 6.07) is 0. The lowest BCUT2D eigenvalue weighted by Crippen LogP contribution is -2.59. The second-order valence-electron chi connectivity index (χ2n) is 13.4. The molecule has 294 valence electrons. The Morgan fingerprint density at radius 3 is 1.78 bits per heavy atom. The van der Waals surface area contributed by atoms with Crippen LogP contribution in [0.2, 0.25) is 0 Å². The monoisotopic (exact) mass is 721 g/mol. The molecule has 1 fully saturated rings. The van der Waals surface area contributed by atoms with Crippen molar-refractivity contribution in [1.29, 1.82) is 0 Å². The summed E-state index contributed by atoms with van der Waals surface area (Å²) in [5.74, 6) is -0.348. The normalized spacial score (nSPS) is 22.0. The van der Waals surface area contributed by atoms with Gasteiger partial charge in [0, 0.05) is 13.0 Å². The minimum atomic E-state index is -1.54. The molecule has 0 aromatic carbocycles. The van der Waals surface area contributed by atoms with Crippen LogP contribution in [0.15, 0.2) is 60.8 Å². The lowest BCUT2D eigenvalue weighted by atomic mass is 9.99. The van der Waals surface area contributed by atoms with Crippen LogP contribution in [0.3, 0.4) is 0 Å². The highest BCUT2D eigenvalue weighted by molar-refractivity contribution is 5.69. The zero-order valence-electron chi connectivity index (χ0n) is 31.8. The van der Waals surface area contributed by atoms with Crippen molar-refractivity contribution in [2.75, 3.05) is 26.4 Å². The SMILES string of the molecule is CC/C=C\C/C=C\C/C=C\C/C=C\C/C=C\CCCCCC(=O)OC(COCCCCCCCCCCC)COC1OC(CO)C(O)C(O)C1O. The van der Waals surface area contributed by atoms with E-state index in [9.17, 15) is 25.2 Å². The summed E-state index contributed by atoms with van der Waals surface area (Å²) in [5, 5.41) is 39.9. The van der Waals surface area contributed by atoms with Crippen molar-refractivity contribution in [3.63, 3.8) is 0 Å². The molecule has 0 saturated carbocycles. The number of carbonyl (C=O) groups excluding carboxylic acids is 1. The third-order valence-electron chi connectivity index (χ3n) is 8.70. The van der Waals surface area contributed by atoms with Crippen molar-refractivity contribution in [2.45, 2.75) is 173 Å². The molecule has 1 aliphatic rings. The van der Waals surface area contributed by atoms with Gasteiger partial charge in [0.25, 0.3) is 0 Å². The van der Waals surface area contributed by atoms with Crippen LogP contribution in [0.4, 0.5) is 0 Å². The maximum absolute atomic E-state index is 12.7. The molecular formula is C42H72O9. The van der Waals surface area contributed by atoms with Gasteiger partial charge in [0.05, 0.1) is 19.8 Å². The van der Waals surface area contributed by atoms with Gasteiger partial charge in [-0.15, -0.1) is 0 Å². The van der Waals surface area contributed by atoms with E-state index >= 15 is 0 Å². The number of esters is 1. The van der Waals surface area contributed by atoms with Crippen molar-refractivity contribution in [3.05, 3.63) is 60.8 Å². The first-order valence-electron chi connectivity index (χ1n) is 19.9. The second-order valence-corrected chi connectivity index (χ2v) is 13.4. The molecule has 51 heavy (non-hydrogen) atoms. The molecule has 0 aromatic rings. The quantitative estimate of drug-likeness (QED) is 0.0310. The highest BCUT2D eigenvalue weighted by Gasteiger charge is 2.44. The first-order chi connectivity index (χ1) is 24.9. The Kier molecular flexibility index (Phi) is 31.0. The second kappa shape index (κ2) is 33.7. The minimum Gasteiger partial charge on any atom is -0.457 e. The number of ether oxygens (including phenoxy) is 4. The predicted octanol–water partition coefficient (Wildman–Crippen LogP) is 7.96. The molecule has 0 amide bonds. The van der Waals surface area contributed by atoms with Crippen LogP contribution < -0.4 is 0 Å². The maximum Gasteiger partial charge on any atom is 0.306 e. The molecule has 1 rings (SSSR count). The van der Waals surface area contributed by atoms with E-state index in [2.05, 4.69) is 74.6 Å². The van der Waals surface area contributed by atoms with Gasteiger partial charge in [-0.1, -0.05) is 132 Å². The number of allylic oxidation sites excluding steroid dienone is 10. The van der Waals surface area contributed by atoms with Gasteiger partial charge in [-0.25, -0.2) is 0 Å². The highest BCUT2D eigenvalue weighted by Crippen LogP contribution is 2.22. The number of aliphatic hydroxyl groups is 4. The molecule has 0 bridgehead atoms. The molecule has 1 heterocycles. The van der Waals surface area contributed by atoms with Gasteiger partial charge in [0.1, 0.15) is 30.5 Å². The summed E-state index contributed by atoms with van der Waals surface area (Å²) in [7, 11) is 0. The van der Waals surface area contributed by atoms with Crippen molar-refractivity contribution >= 4 is 5.97 Å². The fourth-order valence-corrected chi connectivity index (χ4v) is 5.57. The van der Waals surface area contributed by atoms with Gasteiger partial charge in [0.2, 0.25) is 0 Å². The first kappa shape index (κ1) is 46.9. The third-order valence-corrected chi connectivity index (χ3v) is 8.70. The van der Waals surface area contributed by atoms with Crippen LogP contribution in [0, 0.1) is 0 Å². The number of aliphatic hydroxyl groups excluding tert-OH is 4. The number of rotatable bonds is 32. The molecule has 9 heteroatoms. The zero-order chi connectivity index (χ0) is 37.2. The summed E-state index contributed by atoms with van der Waals surface area (Å²) in [5.41, 5.74) is 0. The molecule has 1 aliphatic heterocycles. The van der Waals surface area contributed by atoms with E-state index in [1.807, 2.05) is 0 Å². The highest BCUT2D eigenvalue weighted by atomic mass is 16.7. The van der Waals surface area contributed by atoms with Crippen LogP contribution in [0.25, 0.3) is 0 Å². The summed E-state index contributed by atoms with van der Waals surface area (Å²) in [4.78, 5) is 12.7. The Labute approximate surface area is 309 Å². The minimum absolute atomic E-state index is 0.129. The summed E-state index contributed by atoms with van der Waals surface area (Å²) < 4.78 is 22.6. The average Bonchev–Trinajstić information content (AvgIpc) is 3.13. The van der Waals surface area contributed by atoms with Gasteiger partial charge in [0.15, 0.2) is 6.29 Å². The molecule has 0 spiro atoms. The Morgan fingerprint density at radius 2 is 1.20 bits per heavy atom. The average molecular weight is 721 g/mol. The van der Waals surface area contributed by atoms with E-state index in [0.717, 1.165) is 64.2 Å². The van der Waals surface area contributed by atoms with E-state index < -0.39 is 43.4 Å². The van der Waals surface area contributed by atoms with Crippen molar-refractivity contribution < 1.29 is 44.2 Å². The fourth-order valence-electron chi connectivity index (χ4n) is 5.57. The van der Waals surface area contributed by atoms with Crippen LogP contribution >= 0.6 is 0 Å². The van der Waals surface area contributed by atoms with Gasteiger partial charge in [-0.3, -0.25) is 4.79 Å². The Morgan fingerprint density at radius 1 is 0.647 bits per heavy atom. The Bertz CT molecular complexity index is 958. The van der Waals surface area contributed by atoms with Gasteiger partial charge in [-0.2, -0.15) is 0 Å². The van der Waals surface area contributed by atoms with Crippen LogP contribution in [-0.2, 0) is 23.7 Å².